The van der Waals surface area contributed by atoms with Gasteiger partial charge in [-0.1, -0.05) is 31.6 Å². The van der Waals surface area contributed by atoms with E-state index >= 15 is 0 Å². The lowest BCUT2D eigenvalue weighted by Crippen LogP contribution is -1.96. The minimum atomic E-state index is 0.0839. The van der Waals surface area contributed by atoms with Crippen molar-refractivity contribution in [3.8, 4) is 5.75 Å². The van der Waals surface area contributed by atoms with Crippen molar-refractivity contribution in [3.63, 3.8) is 0 Å². The van der Waals surface area contributed by atoms with Crippen LogP contribution in [0.1, 0.15) is 32.3 Å². The summed E-state index contributed by atoms with van der Waals surface area (Å²) < 4.78 is 5.57. The van der Waals surface area contributed by atoms with Gasteiger partial charge in [0.2, 0.25) is 0 Å². The monoisotopic (exact) mass is 220 g/mol. The first-order chi connectivity index (χ1) is 7.77. The van der Waals surface area contributed by atoms with Gasteiger partial charge in [0.1, 0.15) is 5.75 Å². The molecule has 0 fully saturated rings. The maximum absolute atomic E-state index is 8.79. The van der Waals surface area contributed by atoms with Gasteiger partial charge in [0, 0.05) is 0 Å². The lowest BCUT2D eigenvalue weighted by molar-refractivity contribution is 0.309. The zero-order valence-corrected chi connectivity index (χ0v) is 10.1. The smallest absolute Gasteiger partial charge is 0.119 e. The summed E-state index contributed by atoms with van der Waals surface area (Å²) in [6.07, 6.45) is 4.04. The predicted molar refractivity (Wildman–Crippen MR) is 67.6 cm³/mol. The highest BCUT2D eigenvalue weighted by Crippen LogP contribution is 2.18. The number of rotatable bonds is 6. The van der Waals surface area contributed by atoms with Gasteiger partial charge in [-0.25, -0.2) is 0 Å². The number of hydrogen-bond acceptors (Lipinski definition) is 2. The summed E-state index contributed by atoms with van der Waals surface area (Å²) >= 11 is 0. The quantitative estimate of drug-likeness (QED) is 0.746. The average molecular weight is 220 g/mol. The molecule has 16 heavy (non-hydrogen) atoms. The summed E-state index contributed by atoms with van der Waals surface area (Å²) in [6.45, 7) is 5.00. The van der Waals surface area contributed by atoms with Gasteiger partial charge in [-0.3, -0.25) is 0 Å². The van der Waals surface area contributed by atoms with Crippen LogP contribution in [0.25, 0.3) is 5.57 Å². The van der Waals surface area contributed by atoms with E-state index in [1.807, 2.05) is 31.2 Å². The molecule has 0 spiro atoms. The van der Waals surface area contributed by atoms with Crippen LogP contribution in [0.5, 0.6) is 5.75 Å². The average Bonchev–Trinajstić information content (AvgIpc) is 2.30. The number of ether oxygens (including phenoxy) is 1. The Labute approximate surface area is 97.6 Å². The highest BCUT2D eigenvalue weighted by atomic mass is 16.5. The Balaban J connectivity index is 2.57. The van der Waals surface area contributed by atoms with Crippen molar-refractivity contribution >= 4 is 5.57 Å². The van der Waals surface area contributed by atoms with Crippen LogP contribution >= 0.6 is 0 Å². The van der Waals surface area contributed by atoms with Gasteiger partial charge in [-0.05, 0) is 36.6 Å². The maximum Gasteiger partial charge on any atom is 0.119 e. The molecule has 0 amide bonds. The van der Waals surface area contributed by atoms with E-state index < -0.39 is 0 Å². The third kappa shape index (κ3) is 4.07. The fourth-order valence-electron chi connectivity index (χ4n) is 1.40. The van der Waals surface area contributed by atoms with Crippen LogP contribution < -0.4 is 4.74 Å². The minimum absolute atomic E-state index is 0.0839. The molecule has 88 valence electrons. The van der Waals surface area contributed by atoms with E-state index in [9.17, 15) is 0 Å². The number of unbranched alkanes of at least 4 members (excludes halogenated alkanes) is 1. The minimum Gasteiger partial charge on any atom is -0.494 e. The van der Waals surface area contributed by atoms with Gasteiger partial charge in [0.15, 0.2) is 0 Å². The van der Waals surface area contributed by atoms with E-state index in [2.05, 4.69) is 6.92 Å². The van der Waals surface area contributed by atoms with Gasteiger partial charge in [-0.15, -0.1) is 0 Å². The molecule has 1 N–H and O–H groups in total. The number of aliphatic hydroxyl groups is 1. The van der Waals surface area contributed by atoms with Crippen LogP contribution in [-0.4, -0.2) is 18.3 Å². The first-order valence-corrected chi connectivity index (χ1v) is 5.78. The van der Waals surface area contributed by atoms with E-state index in [1.165, 1.54) is 0 Å². The molecule has 0 aliphatic heterocycles. The van der Waals surface area contributed by atoms with Crippen molar-refractivity contribution in [1.82, 2.24) is 0 Å². The van der Waals surface area contributed by atoms with Crippen molar-refractivity contribution in [2.45, 2.75) is 26.7 Å². The van der Waals surface area contributed by atoms with Gasteiger partial charge in [-0.2, -0.15) is 0 Å². The molecule has 0 saturated carbocycles. The van der Waals surface area contributed by atoms with Gasteiger partial charge in [0.05, 0.1) is 13.2 Å². The normalized spacial score (nSPS) is 11.6. The largest absolute Gasteiger partial charge is 0.494 e. The molecule has 1 aromatic carbocycles. The molecule has 0 aliphatic rings. The van der Waals surface area contributed by atoms with Crippen LogP contribution in [-0.2, 0) is 0 Å². The molecule has 1 aromatic rings. The summed E-state index contributed by atoms with van der Waals surface area (Å²) in [6, 6.07) is 7.98. The second-order valence-corrected chi connectivity index (χ2v) is 3.80. The Morgan fingerprint density at radius 1 is 1.31 bits per heavy atom. The first-order valence-electron chi connectivity index (χ1n) is 5.78. The fourth-order valence-corrected chi connectivity index (χ4v) is 1.40. The van der Waals surface area contributed by atoms with Crippen LogP contribution in [0.3, 0.4) is 0 Å². The van der Waals surface area contributed by atoms with E-state index in [1.54, 1.807) is 6.08 Å². The van der Waals surface area contributed by atoms with Crippen LogP contribution in [0.4, 0.5) is 0 Å². The lowest BCUT2D eigenvalue weighted by atomic mass is 10.1. The molecule has 2 heteroatoms. The molecule has 2 nitrogen and oxygen atoms in total. The highest BCUT2D eigenvalue weighted by molar-refractivity contribution is 5.64. The molecule has 0 aliphatic carbocycles. The number of allylic oxidation sites excluding steroid dienone is 1. The van der Waals surface area contributed by atoms with Crippen LogP contribution in [0.2, 0.25) is 0 Å². The van der Waals surface area contributed by atoms with Gasteiger partial charge >= 0.3 is 0 Å². The number of aliphatic hydroxyl groups excluding tert-OH is 1. The zero-order valence-electron chi connectivity index (χ0n) is 10.1. The van der Waals surface area contributed by atoms with E-state index in [-0.39, 0.29) is 6.61 Å². The Bertz CT molecular complexity index is 325. The topological polar surface area (TPSA) is 29.5 Å². The molecule has 0 aromatic heterocycles. The zero-order chi connectivity index (χ0) is 11.8. The standard InChI is InChI=1S/C14H20O2/c1-3-4-11-16-14-7-5-13(6-8-14)12(2)9-10-15/h5-9,15H,3-4,10-11H2,1-2H3/b12-9+. The van der Waals surface area contributed by atoms with E-state index in [4.69, 9.17) is 9.84 Å². The Morgan fingerprint density at radius 2 is 2.00 bits per heavy atom. The first kappa shape index (κ1) is 12.8. The van der Waals surface area contributed by atoms with Crippen molar-refractivity contribution in [1.29, 1.82) is 0 Å². The van der Waals surface area contributed by atoms with Crippen LogP contribution in [0.15, 0.2) is 30.3 Å². The molecule has 0 bridgehead atoms. The number of hydrogen-bond donors (Lipinski definition) is 1. The third-order valence-electron chi connectivity index (χ3n) is 2.47. The third-order valence-corrected chi connectivity index (χ3v) is 2.47. The van der Waals surface area contributed by atoms with Gasteiger partial charge in [0.25, 0.3) is 0 Å². The molecular formula is C14H20O2. The number of benzene rings is 1. The molecule has 0 radical (unpaired) electrons. The van der Waals surface area contributed by atoms with Crippen molar-refractivity contribution in [2.75, 3.05) is 13.2 Å². The predicted octanol–water partition coefficient (Wildman–Crippen LogP) is 3.26. The van der Waals surface area contributed by atoms with E-state index in [0.29, 0.717) is 0 Å². The second-order valence-electron chi connectivity index (χ2n) is 3.80. The SMILES string of the molecule is CCCCOc1ccc(/C(C)=C/CO)cc1. The summed E-state index contributed by atoms with van der Waals surface area (Å²) in [5.74, 6) is 0.911. The Hall–Kier alpha value is -1.28. The summed E-state index contributed by atoms with van der Waals surface area (Å²) in [7, 11) is 0. The van der Waals surface area contributed by atoms with Crippen LogP contribution in [0, 0.1) is 0 Å². The maximum atomic E-state index is 8.79. The fraction of sp³-hybridized carbons (Fsp3) is 0.429. The summed E-state index contributed by atoms with van der Waals surface area (Å²) in [5.41, 5.74) is 2.21. The molecular weight excluding hydrogens is 200 g/mol. The molecule has 1 rings (SSSR count). The molecule has 0 atom stereocenters. The van der Waals surface area contributed by atoms with Gasteiger partial charge < -0.3 is 9.84 Å². The van der Waals surface area contributed by atoms with Crippen molar-refractivity contribution < 1.29 is 9.84 Å². The Morgan fingerprint density at radius 3 is 2.56 bits per heavy atom. The highest BCUT2D eigenvalue weighted by Gasteiger charge is 1.97. The van der Waals surface area contributed by atoms with Crippen molar-refractivity contribution in [2.24, 2.45) is 0 Å². The lowest BCUT2D eigenvalue weighted by Gasteiger charge is -2.06. The van der Waals surface area contributed by atoms with Crippen molar-refractivity contribution in [3.05, 3.63) is 35.9 Å². The second kappa shape index (κ2) is 7.07. The molecule has 0 unspecified atom stereocenters. The molecule has 0 heterocycles. The molecule has 0 saturated heterocycles. The summed E-state index contributed by atoms with van der Waals surface area (Å²) in [4.78, 5) is 0. The Kier molecular flexibility index (Phi) is 5.65. The summed E-state index contributed by atoms with van der Waals surface area (Å²) in [5, 5.41) is 8.79. The van der Waals surface area contributed by atoms with E-state index in [0.717, 1.165) is 36.3 Å².